The molecule has 2 aliphatic rings. The van der Waals surface area contributed by atoms with Crippen molar-refractivity contribution in [2.24, 2.45) is 0 Å². The lowest BCUT2D eigenvalue weighted by Gasteiger charge is -2.22. The molecule has 0 aromatic heterocycles. The van der Waals surface area contributed by atoms with Crippen molar-refractivity contribution in [3.05, 3.63) is 65.2 Å². The summed E-state index contributed by atoms with van der Waals surface area (Å²) in [5.74, 6) is -1.49. The van der Waals surface area contributed by atoms with Crippen molar-refractivity contribution in [1.82, 2.24) is 10.2 Å². The number of imide groups is 1. The van der Waals surface area contributed by atoms with Gasteiger partial charge in [-0.1, -0.05) is 24.3 Å². The predicted octanol–water partition coefficient (Wildman–Crippen LogP) is 2.16. The van der Waals surface area contributed by atoms with Gasteiger partial charge in [-0.3, -0.25) is 9.69 Å². The molecule has 0 unspecified atom stereocenters. The molecule has 4 rings (SSSR count). The number of urea groups is 1. The van der Waals surface area contributed by atoms with Crippen LogP contribution in [0.3, 0.4) is 0 Å². The number of aryl methyl sites for hydroxylation is 1. The molecule has 1 N–H and O–H groups in total. The maximum atomic E-state index is 13.1. The molecule has 1 heterocycles. The van der Waals surface area contributed by atoms with Gasteiger partial charge in [0.1, 0.15) is 17.8 Å². The molecule has 0 bridgehead atoms. The van der Waals surface area contributed by atoms with Crippen LogP contribution in [0.2, 0.25) is 0 Å². The van der Waals surface area contributed by atoms with E-state index in [0.717, 1.165) is 16.0 Å². The molecule has 1 aliphatic carbocycles. The van der Waals surface area contributed by atoms with Crippen LogP contribution >= 0.6 is 0 Å². The zero-order valence-electron chi connectivity index (χ0n) is 16.3. The molecule has 8 heteroatoms. The van der Waals surface area contributed by atoms with E-state index in [1.165, 1.54) is 24.3 Å². The lowest BCUT2D eigenvalue weighted by molar-refractivity contribution is -0.141. The molecule has 0 saturated carbocycles. The molecule has 1 fully saturated rings. The topological polar surface area (TPSA) is 102 Å². The summed E-state index contributed by atoms with van der Waals surface area (Å²) in [6.07, 6.45) is 1.13. The number of fused-ring (bicyclic) bond motifs is 2. The van der Waals surface area contributed by atoms with Crippen molar-refractivity contribution < 1.29 is 28.7 Å². The Bertz CT molecular complexity index is 1030. The molecular formula is C22H20N2O6. The molecule has 2 aromatic carbocycles. The van der Waals surface area contributed by atoms with Crippen LogP contribution in [-0.2, 0) is 26.3 Å². The SMILES string of the molecule is CCOC(=O)c1ccc(OC(=O)CN2C(=O)N[C@@]3(CCc4ccccc43)C2=O)cc1. The van der Waals surface area contributed by atoms with Gasteiger partial charge in [0.25, 0.3) is 5.91 Å². The maximum absolute atomic E-state index is 13.1. The number of rotatable bonds is 5. The smallest absolute Gasteiger partial charge is 0.338 e. The zero-order valence-corrected chi connectivity index (χ0v) is 16.3. The van der Waals surface area contributed by atoms with E-state index >= 15 is 0 Å². The first-order valence-corrected chi connectivity index (χ1v) is 9.65. The highest BCUT2D eigenvalue weighted by atomic mass is 16.5. The Labute approximate surface area is 172 Å². The number of amides is 3. The summed E-state index contributed by atoms with van der Waals surface area (Å²) in [6.45, 7) is 1.46. The second-order valence-electron chi connectivity index (χ2n) is 7.10. The average Bonchev–Trinajstić information content (AvgIpc) is 3.22. The van der Waals surface area contributed by atoms with Gasteiger partial charge in [0.2, 0.25) is 0 Å². The zero-order chi connectivity index (χ0) is 21.3. The number of ether oxygens (including phenoxy) is 2. The summed E-state index contributed by atoms with van der Waals surface area (Å²) in [6, 6.07) is 12.7. The largest absolute Gasteiger partial charge is 0.462 e. The normalized spacial score (nSPS) is 19.6. The summed E-state index contributed by atoms with van der Waals surface area (Å²) >= 11 is 0. The van der Waals surface area contributed by atoms with Crippen LogP contribution in [0, 0.1) is 0 Å². The van der Waals surface area contributed by atoms with Gasteiger partial charge in [0.05, 0.1) is 12.2 Å². The Balaban J connectivity index is 1.44. The summed E-state index contributed by atoms with van der Waals surface area (Å²) in [7, 11) is 0. The van der Waals surface area contributed by atoms with E-state index in [2.05, 4.69) is 5.32 Å². The van der Waals surface area contributed by atoms with Crippen molar-refractivity contribution in [3.8, 4) is 5.75 Å². The fourth-order valence-electron chi connectivity index (χ4n) is 3.90. The maximum Gasteiger partial charge on any atom is 0.338 e. The minimum Gasteiger partial charge on any atom is -0.462 e. The summed E-state index contributed by atoms with van der Waals surface area (Å²) in [4.78, 5) is 50.4. The van der Waals surface area contributed by atoms with Crippen molar-refractivity contribution in [2.75, 3.05) is 13.2 Å². The highest BCUT2D eigenvalue weighted by molar-refractivity contribution is 6.09. The molecule has 8 nitrogen and oxygen atoms in total. The highest BCUT2D eigenvalue weighted by Crippen LogP contribution is 2.41. The van der Waals surface area contributed by atoms with Crippen LogP contribution in [0.4, 0.5) is 4.79 Å². The number of esters is 2. The van der Waals surface area contributed by atoms with E-state index in [4.69, 9.17) is 9.47 Å². The van der Waals surface area contributed by atoms with Crippen LogP contribution < -0.4 is 10.1 Å². The van der Waals surface area contributed by atoms with Crippen LogP contribution in [0.1, 0.15) is 34.8 Å². The second-order valence-corrected chi connectivity index (χ2v) is 7.10. The van der Waals surface area contributed by atoms with Gasteiger partial charge in [-0.25, -0.2) is 14.4 Å². The van der Waals surface area contributed by atoms with E-state index in [-0.39, 0.29) is 12.4 Å². The fraction of sp³-hybridized carbons (Fsp3) is 0.273. The Morgan fingerprint density at radius 1 is 1.10 bits per heavy atom. The minimum absolute atomic E-state index is 0.195. The van der Waals surface area contributed by atoms with Crippen molar-refractivity contribution in [1.29, 1.82) is 0 Å². The van der Waals surface area contributed by atoms with Crippen LogP contribution in [0.5, 0.6) is 5.75 Å². The first-order chi connectivity index (χ1) is 14.4. The summed E-state index contributed by atoms with van der Waals surface area (Å²) in [5, 5.41) is 2.76. The van der Waals surface area contributed by atoms with Crippen molar-refractivity contribution >= 4 is 23.9 Å². The van der Waals surface area contributed by atoms with E-state index in [1.54, 1.807) is 6.92 Å². The average molecular weight is 408 g/mol. The second kappa shape index (κ2) is 7.62. The Morgan fingerprint density at radius 3 is 2.57 bits per heavy atom. The first-order valence-electron chi connectivity index (χ1n) is 9.65. The van der Waals surface area contributed by atoms with E-state index in [1.807, 2.05) is 24.3 Å². The number of nitrogens with one attached hydrogen (secondary N) is 1. The quantitative estimate of drug-likeness (QED) is 0.462. The molecule has 1 spiro atoms. The highest BCUT2D eigenvalue weighted by Gasteiger charge is 2.55. The van der Waals surface area contributed by atoms with Crippen molar-refractivity contribution in [2.45, 2.75) is 25.3 Å². The van der Waals surface area contributed by atoms with Crippen LogP contribution in [0.15, 0.2) is 48.5 Å². The lowest BCUT2D eigenvalue weighted by Crippen LogP contribution is -2.42. The number of carbonyl (C=O) groups is 4. The lowest BCUT2D eigenvalue weighted by atomic mass is 9.92. The minimum atomic E-state index is -1.12. The molecule has 1 aliphatic heterocycles. The van der Waals surface area contributed by atoms with Gasteiger partial charge < -0.3 is 14.8 Å². The molecule has 2 aromatic rings. The Morgan fingerprint density at radius 2 is 1.83 bits per heavy atom. The molecule has 30 heavy (non-hydrogen) atoms. The first kappa shape index (κ1) is 19.6. The number of hydrogen-bond acceptors (Lipinski definition) is 6. The molecule has 3 amide bonds. The van der Waals surface area contributed by atoms with E-state index in [0.29, 0.717) is 18.4 Å². The molecule has 0 radical (unpaired) electrons. The fourth-order valence-corrected chi connectivity index (χ4v) is 3.90. The van der Waals surface area contributed by atoms with Crippen LogP contribution in [-0.4, -0.2) is 41.9 Å². The van der Waals surface area contributed by atoms with Gasteiger partial charge >= 0.3 is 18.0 Å². The summed E-state index contributed by atoms with van der Waals surface area (Å²) in [5.41, 5.74) is 0.994. The van der Waals surface area contributed by atoms with E-state index < -0.39 is 36.0 Å². The van der Waals surface area contributed by atoms with E-state index in [9.17, 15) is 19.2 Å². The van der Waals surface area contributed by atoms with Crippen molar-refractivity contribution in [3.63, 3.8) is 0 Å². The third kappa shape index (κ3) is 3.30. The van der Waals surface area contributed by atoms with Gasteiger partial charge in [-0.15, -0.1) is 0 Å². The van der Waals surface area contributed by atoms with Crippen LogP contribution in [0.25, 0.3) is 0 Å². The summed E-state index contributed by atoms with van der Waals surface area (Å²) < 4.78 is 10.1. The van der Waals surface area contributed by atoms with Gasteiger partial charge in [0, 0.05) is 0 Å². The Hall–Kier alpha value is -3.68. The standard InChI is InChI=1S/C22H20N2O6/c1-2-29-19(26)15-7-9-16(10-8-15)30-18(25)13-24-20(27)22(23-21(24)28)12-11-14-5-3-4-6-17(14)22/h3-10H,2,11-13H2,1H3,(H,23,28)/t22-/m1/s1. The molecule has 1 saturated heterocycles. The monoisotopic (exact) mass is 408 g/mol. The third-order valence-electron chi connectivity index (χ3n) is 5.31. The third-order valence-corrected chi connectivity index (χ3v) is 5.31. The molecule has 1 atom stereocenters. The van der Waals surface area contributed by atoms with Gasteiger partial charge in [-0.05, 0) is 55.2 Å². The Kier molecular flexibility index (Phi) is 4.99. The molecule has 154 valence electrons. The number of nitrogens with zero attached hydrogens (tertiary/aromatic N) is 1. The number of carbonyl (C=O) groups excluding carboxylic acids is 4. The van der Waals surface area contributed by atoms with Gasteiger partial charge in [-0.2, -0.15) is 0 Å². The molecular weight excluding hydrogens is 388 g/mol. The predicted molar refractivity (Wildman–Crippen MR) is 105 cm³/mol. The number of hydrogen-bond donors (Lipinski definition) is 1. The number of benzene rings is 2. The van der Waals surface area contributed by atoms with Gasteiger partial charge in [0.15, 0.2) is 0 Å².